The average molecular weight is 476 g/mol. The van der Waals surface area contributed by atoms with E-state index >= 15 is 0 Å². The molecule has 1 aliphatic heterocycles. The smallest absolute Gasteiger partial charge is 0.238 e. The second kappa shape index (κ2) is 10.7. The number of carbonyl (C=O) groups is 2. The number of hydrogen-bond acceptors (Lipinski definition) is 5. The van der Waals surface area contributed by atoms with Crippen LogP contribution in [0.1, 0.15) is 35.5 Å². The number of aryl methyl sites for hydroxylation is 1. The molecule has 0 bridgehead atoms. The number of nitrogens with one attached hydrogen (secondary N) is 1. The second-order valence-corrected chi connectivity index (χ2v) is 8.94. The monoisotopic (exact) mass is 475 g/mol. The SMILES string of the molecule is COc1ccccc1[C@@H]1CN(CC(=O)Nc2c(C)nn(Cc3ccccc3)c2C)CCN1C(C)=O. The number of hydrogen-bond donors (Lipinski definition) is 1. The number of carbonyl (C=O) groups excluding carboxylic acids is 2. The Morgan fingerprint density at radius 1 is 1.06 bits per heavy atom. The van der Waals surface area contributed by atoms with Crippen LogP contribution in [0.5, 0.6) is 5.75 Å². The molecular formula is C27H33N5O3. The lowest BCUT2D eigenvalue weighted by atomic mass is 10.0. The summed E-state index contributed by atoms with van der Waals surface area (Å²) in [5.41, 5.74) is 4.58. The Labute approximate surface area is 206 Å². The molecule has 1 fully saturated rings. The summed E-state index contributed by atoms with van der Waals surface area (Å²) >= 11 is 0. The van der Waals surface area contributed by atoms with E-state index in [-0.39, 0.29) is 24.4 Å². The van der Waals surface area contributed by atoms with Crippen molar-refractivity contribution in [2.24, 2.45) is 0 Å². The van der Waals surface area contributed by atoms with Crippen molar-refractivity contribution in [3.8, 4) is 5.75 Å². The van der Waals surface area contributed by atoms with Crippen LogP contribution in [-0.2, 0) is 16.1 Å². The van der Waals surface area contributed by atoms with Gasteiger partial charge in [-0.05, 0) is 25.5 Å². The number of amides is 2. The van der Waals surface area contributed by atoms with Crippen molar-refractivity contribution in [3.63, 3.8) is 0 Å². The van der Waals surface area contributed by atoms with Crippen LogP contribution in [0.25, 0.3) is 0 Å². The molecule has 2 aromatic carbocycles. The highest BCUT2D eigenvalue weighted by atomic mass is 16.5. The molecule has 0 unspecified atom stereocenters. The molecule has 1 aliphatic rings. The van der Waals surface area contributed by atoms with Gasteiger partial charge in [0.1, 0.15) is 5.75 Å². The first kappa shape index (κ1) is 24.5. The van der Waals surface area contributed by atoms with Gasteiger partial charge in [-0.15, -0.1) is 0 Å². The van der Waals surface area contributed by atoms with Gasteiger partial charge in [0.15, 0.2) is 0 Å². The maximum atomic E-state index is 13.0. The minimum absolute atomic E-state index is 0.0158. The first-order valence-corrected chi connectivity index (χ1v) is 11.9. The van der Waals surface area contributed by atoms with Gasteiger partial charge in [-0.2, -0.15) is 5.10 Å². The van der Waals surface area contributed by atoms with Crippen LogP contribution in [0, 0.1) is 13.8 Å². The maximum absolute atomic E-state index is 13.0. The second-order valence-electron chi connectivity index (χ2n) is 8.94. The third kappa shape index (κ3) is 5.54. The van der Waals surface area contributed by atoms with Gasteiger partial charge >= 0.3 is 0 Å². The maximum Gasteiger partial charge on any atom is 0.238 e. The van der Waals surface area contributed by atoms with Crippen molar-refractivity contribution in [1.82, 2.24) is 19.6 Å². The molecule has 1 N–H and O–H groups in total. The minimum Gasteiger partial charge on any atom is -0.496 e. The topological polar surface area (TPSA) is 79.7 Å². The molecule has 184 valence electrons. The highest BCUT2D eigenvalue weighted by Crippen LogP contribution is 2.32. The van der Waals surface area contributed by atoms with Gasteiger partial charge in [-0.25, -0.2) is 0 Å². The van der Waals surface area contributed by atoms with E-state index < -0.39 is 0 Å². The summed E-state index contributed by atoms with van der Waals surface area (Å²) in [5, 5.41) is 7.71. The minimum atomic E-state index is -0.178. The van der Waals surface area contributed by atoms with Crippen LogP contribution < -0.4 is 10.1 Å². The molecule has 0 radical (unpaired) electrons. The predicted molar refractivity (Wildman–Crippen MR) is 135 cm³/mol. The van der Waals surface area contributed by atoms with Crippen LogP contribution in [0.3, 0.4) is 0 Å². The normalized spacial score (nSPS) is 16.2. The van der Waals surface area contributed by atoms with Crippen LogP contribution in [0.2, 0.25) is 0 Å². The molecule has 4 rings (SSSR count). The largest absolute Gasteiger partial charge is 0.496 e. The fraction of sp³-hybridized carbons (Fsp3) is 0.370. The molecule has 35 heavy (non-hydrogen) atoms. The third-order valence-electron chi connectivity index (χ3n) is 6.56. The first-order chi connectivity index (χ1) is 16.9. The van der Waals surface area contributed by atoms with E-state index in [4.69, 9.17) is 4.74 Å². The Balaban J connectivity index is 1.45. The highest BCUT2D eigenvalue weighted by molar-refractivity contribution is 5.93. The fourth-order valence-electron chi connectivity index (χ4n) is 4.74. The van der Waals surface area contributed by atoms with Gasteiger partial charge in [0.25, 0.3) is 0 Å². The van der Waals surface area contributed by atoms with E-state index in [0.717, 1.165) is 34.0 Å². The third-order valence-corrected chi connectivity index (χ3v) is 6.56. The number of nitrogens with zero attached hydrogens (tertiary/aromatic N) is 4. The molecule has 1 atom stereocenters. The summed E-state index contributed by atoms with van der Waals surface area (Å²) in [6.07, 6.45) is 0. The summed E-state index contributed by atoms with van der Waals surface area (Å²) in [6, 6.07) is 17.7. The molecule has 0 aliphatic carbocycles. The Morgan fingerprint density at radius 3 is 2.49 bits per heavy atom. The summed E-state index contributed by atoms with van der Waals surface area (Å²) in [7, 11) is 1.63. The van der Waals surface area contributed by atoms with Crippen molar-refractivity contribution in [3.05, 3.63) is 77.1 Å². The molecule has 2 heterocycles. The molecule has 2 amide bonds. The van der Waals surface area contributed by atoms with E-state index in [1.54, 1.807) is 14.0 Å². The summed E-state index contributed by atoms with van der Waals surface area (Å²) < 4.78 is 7.47. The Kier molecular flexibility index (Phi) is 7.51. The first-order valence-electron chi connectivity index (χ1n) is 11.9. The number of rotatable bonds is 7. The Morgan fingerprint density at radius 2 is 1.77 bits per heavy atom. The molecule has 3 aromatic rings. The molecule has 1 aromatic heterocycles. The zero-order chi connectivity index (χ0) is 24.9. The molecule has 8 nitrogen and oxygen atoms in total. The lowest BCUT2D eigenvalue weighted by Gasteiger charge is -2.41. The van der Waals surface area contributed by atoms with Crippen LogP contribution in [0.4, 0.5) is 5.69 Å². The van der Waals surface area contributed by atoms with E-state index in [9.17, 15) is 9.59 Å². The summed E-state index contributed by atoms with van der Waals surface area (Å²) in [6.45, 7) is 8.09. The number of benzene rings is 2. The number of piperazine rings is 1. The van der Waals surface area contributed by atoms with E-state index in [1.807, 2.05) is 65.9 Å². The average Bonchev–Trinajstić information content (AvgIpc) is 3.11. The standard InChI is InChI=1S/C27H33N5O3/c1-19-27(20(2)32(29-19)16-22-10-6-5-7-11-22)28-26(34)18-30-14-15-31(21(3)33)24(17-30)23-12-8-9-13-25(23)35-4/h5-13,24H,14-18H2,1-4H3,(H,28,34)/t24-/m0/s1. The van der Waals surface area contributed by atoms with Crippen molar-refractivity contribution >= 4 is 17.5 Å². The van der Waals surface area contributed by atoms with Crippen LogP contribution in [0.15, 0.2) is 54.6 Å². The zero-order valence-electron chi connectivity index (χ0n) is 20.8. The summed E-state index contributed by atoms with van der Waals surface area (Å²) in [5.74, 6) is 0.666. The molecule has 0 saturated carbocycles. The van der Waals surface area contributed by atoms with Gasteiger partial charge in [0.05, 0.1) is 43.3 Å². The number of para-hydroxylation sites is 1. The van der Waals surface area contributed by atoms with Crippen LogP contribution >= 0.6 is 0 Å². The zero-order valence-corrected chi connectivity index (χ0v) is 20.8. The Bertz CT molecular complexity index is 1190. The fourth-order valence-corrected chi connectivity index (χ4v) is 4.74. The molecular weight excluding hydrogens is 442 g/mol. The lowest BCUT2D eigenvalue weighted by Crippen LogP contribution is -2.51. The van der Waals surface area contributed by atoms with E-state index in [1.165, 1.54) is 0 Å². The molecule has 0 spiro atoms. The van der Waals surface area contributed by atoms with E-state index in [0.29, 0.717) is 26.2 Å². The number of anilines is 1. The van der Waals surface area contributed by atoms with Gasteiger partial charge < -0.3 is 15.0 Å². The van der Waals surface area contributed by atoms with Gasteiger partial charge in [-0.1, -0.05) is 48.5 Å². The number of aromatic nitrogens is 2. The Hall–Kier alpha value is -3.65. The van der Waals surface area contributed by atoms with Gasteiger partial charge in [0, 0.05) is 32.1 Å². The van der Waals surface area contributed by atoms with Crippen molar-refractivity contribution in [2.45, 2.75) is 33.4 Å². The number of methoxy groups -OCH3 is 1. The lowest BCUT2D eigenvalue weighted by molar-refractivity contribution is -0.134. The number of ether oxygens (including phenoxy) is 1. The van der Waals surface area contributed by atoms with Gasteiger partial charge in [0.2, 0.25) is 11.8 Å². The molecule has 8 heteroatoms. The van der Waals surface area contributed by atoms with Crippen molar-refractivity contribution in [1.29, 1.82) is 0 Å². The highest BCUT2D eigenvalue weighted by Gasteiger charge is 2.32. The van der Waals surface area contributed by atoms with E-state index in [2.05, 4.69) is 27.4 Å². The molecule has 1 saturated heterocycles. The van der Waals surface area contributed by atoms with Crippen LogP contribution in [-0.4, -0.2) is 64.7 Å². The predicted octanol–water partition coefficient (Wildman–Crippen LogP) is 3.40. The van der Waals surface area contributed by atoms with Crippen molar-refractivity contribution < 1.29 is 14.3 Å². The van der Waals surface area contributed by atoms with Crippen molar-refractivity contribution in [2.75, 3.05) is 38.6 Å². The summed E-state index contributed by atoms with van der Waals surface area (Å²) in [4.78, 5) is 29.3. The van der Waals surface area contributed by atoms with Gasteiger partial charge in [-0.3, -0.25) is 19.2 Å². The quantitative estimate of drug-likeness (QED) is 0.567.